The molecule has 0 aliphatic carbocycles. The van der Waals surface area contributed by atoms with Crippen molar-refractivity contribution in [2.24, 2.45) is 0 Å². The van der Waals surface area contributed by atoms with Crippen LogP contribution in [0.1, 0.15) is 58.4 Å². The van der Waals surface area contributed by atoms with Gasteiger partial charge in [0.15, 0.2) is 0 Å². The molecule has 4 aromatic rings. The van der Waals surface area contributed by atoms with Crippen LogP contribution in [0.15, 0.2) is 66.7 Å². The van der Waals surface area contributed by atoms with Gasteiger partial charge in [0.2, 0.25) is 0 Å². The molecule has 4 aromatic carbocycles. The molecule has 0 N–H and O–H groups in total. The average Bonchev–Trinajstić information content (AvgIpc) is 2.73. The van der Waals surface area contributed by atoms with E-state index in [-0.39, 0.29) is 0 Å². The first-order chi connectivity index (χ1) is 12.7. The smallest absolute Gasteiger partial charge is 0.00961 e. The fraction of sp³-hybridized carbons (Fsp3) is 0.308. The summed E-state index contributed by atoms with van der Waals surface area (Å²) in [5.41, 5.74) is 1.44. The van der Waals surface area contributed by atoms with E-state index in [1.807, 2.05) is 0 Å². The van der Waals surface area contributed by atoms with Crippen molar-refractivity contribution in [3.05, 3.63) is 72.3 Å². The van der Waals surface area contributed by atoms with Gasteiger partial charge in [0.05, 0.1) is 0 Å². The molecule has 26 heavy (non-hydrogen) atoms. The van der Waals surface area contributed by atoms with Gasteiger partial charge in [-0.15, -0.1) is 0 Å². The minimum Gasteiger partial charge on any atom is -0.0654 e. The van der Waals surface area contributed by atoms with Gasteiger partial charge in [-0.3, -0.25) is 0 Å². The van der Waals surface area contributed by atoms with Gasteiger partial charge >= 0.3 is 0 Å². The summed E-state index contributed by atoms with van der Waals surface area (Å²) in [5.74, 6) is 0.606. The average molecular weight is 343 g/mol. The van der Waals surface area contributed by atoms with Gasteiger partial charge < -0.3 is 0 Å². The number of hydrogen-bond acceptors (Lipinski definition) is 0. The Balaban J connectivity index is 0.000000447. The maximum atomic E-state index is 2.40. The Labute approximate surface area is 157 Å². The molecule has 0 aromatic heterocycles. The molecule has 0 heterocycles. The molecule has 0 spiro atoms. The topological polar surface area (TPSA) is 0 Å². The van der Waals surface area contributed by atoms with Crippen LogP contribution in [0.5, 0.6) is 0 Å². The van der Waals surface area contributed by atoms with Crippen LogP contribution < -0.4 is 0 Å². The summed E-state index contributed by atoms with van der Waals surface area (Å²) in [7, 11) is 0. The van der Waals surface area contributed by atoms with Gasteiger partial charge in [0.1, 0.15) is 0 Å². The molecule has 1 atom stereocenters. The van der Waals surface area contributed by atoms with Crippen LogP contribution in [0.3, 0.4) is 0 Å². The molecule has 4 rings (SSSR count). The minimum absolute atomic E-state index is 0.606. The molecule has 0 saturated heterocycles. The van der Waals surface area contributed by atoms with Crippen molar-refractivity contribution in [1.29, 1.82) is 0 Å². The zero-order valence-corrected chi connectivity index (χ0v) is 16.5. The van der Waals surface area contributed by atoms with Gasteiger partial charge in [-0.2, -0.15) is 0 Å². The van der Waals surface area contributed by atoms with Gasteiger partial charge in [-0.1, -0.05) is 107 Å². The lowest BCUT2D eigenvalue weighted by atomic mass is 9.90. The molecule has 0 amide bonds. The number of benzene rings is 4. The molecule has 0 nitrogen and oxygen atoms in total. The van der Waals surface area contributed by atoms with E-state index in [2.05, 4.69) is 94.4 Å². The van der Waals surface area contributed by atoms with Crippen molar-refractivity contribution in [2.75, 3.05) is 0 Å². The third-order valence-electron chi connectivity index (χ3n) is 5.45. The molecule has 1 unspecified atom stereocenters. The van der Waals surface area contributed by atoms with Crippen LogP contribution in [-0.4, -0.2) is 0 Å². The predicted molar refractivity (Wildman–Crippen MR) is 118 cm³/mol. The van der Waals surface area contributed by atoms with Crippen LogP contribution in [0.25, 0.3) is 32.3 Å². The van der Waals surface area contributed by atoms with E-state index < -0.39 is 0 Å². The lowest BCUT2D eigenvalue weighted by Crippen LogP contribution is -1.92. The summed E-state index contributed by atoms with van der Waals surface area (Å²) < 4.78 is 0. The molecule has 0 aliphatic heterocycles. The Hall–Kier alpha value is -2.34. The van der Waals surface area contributed by atoms with Gasteiger partial charge in [0.25, 0.3) is 0 Å². The van der Waals surface area contributed by atoms with Gasteiger partial charge in [-0.25, -0.2) is 0 Å². The van der Waals surface area contributed by atoms with Crippen LogP contribution in [0.2, 0.25) is 0 Å². The number of unbranched alkanes of at least 4 members (excludes halogenated alkanes) is 1. The fourth-order valence-electron chi connectivity index (χ4n) is 3.47. The Morgan fingerprint density at radius 3 is 1.42 bits per heavy atom. The van der Waals surface area contributed by atoms with Crippen molar-refractivity contribution in [2.45, 2.75) is 52.9 Å². The Morgan fingerprint density at radius 2 is 1.00 bits per heavy atom. The van der Waals surface area contributed by atoms with E-state index in [0.717, 1.165) is 0 Å². The predicted octanol–water partition coefficient (Wildman–Crippen LogP) is 8.47. The van der Waals surface area contributed by atoms with E-state index in [1.54, 1.807) is 0 Å². The Kier molecular flexibility index (Phi) is 5.93. The van der Waals surface area contributed by atoms with Gasteiger partial charge in [0, 0.05) is 0 Å². The molecular weight excluding hydrogens is 312 g/mol. The highest BCUT2D eigenvalue weighted by Crippen LogP contribution is 2.36. The summed E-state index contributed by atoms with van der Waals surface area (Å²) in [5, 5.41) is 8.16. The molecule has 0 fully saturated rings. The first kappa shape index (κ1) is 18.5. The SMILES string of the molecule is CCC(C)c1ccc2c3ccccc3c3ccccc3c2c1.CCCC. The second-order valence-electron chi connectivity index (χ2n) is 7.21. The zero-order chi connectivity index (χ0) is 18.5. The van der Waals surface area contributed by atoms with Crippen LogP contribution in [0.4, 0.5) is 0 Å². The lowest BCUT2D eigenvalue weighted by Gasteiger charge is -2.14. The molecule has 0 heteroatoms. The van der Waals surface area contributed by atoms with Crippen molar-refractivity contribution in [3.8, 4) is 0 Å². The normalized spacial score (nSPS) is 12.2. The van der Waals surface area contributed by atoms with E-state index in [0.29, 0.717) is 5.92 Å². The largest absolute Gasteiger partial charge is 0.0654 e. The highest BCUT2D eigenvalue weighted by Gasteiger charge is 2.10. The number of fused-ring (bicyclic) bond motifs is 6. The maximum absolute atomic E-state index is 2.40. The molecular formula is C26H30. The first-order valence-electron chi connectivity index (χ1n) is 10.0. The van der Waals surface area contributed by atoms with E-state index in [4.69, 9.17) is 0 Å². The zero-order valence-electron chi connectivity index (χ0n) is 16.5. The highest BCUT2D eigenvalue weighted by molar-refractivity contribution is 6.25. The van der Waals surface area contributed by atoms with Gasteiger partial charge in [-0.05, 0) is 50.2 Å². The maximum Gasteiger partial charge on any atom is -0.00961 e. The minimum atomic E-state index is 0.606. The van der Waals surface area contributed by atoms with Crippen molar-refractivity contribution in [3.63, 3.8) is 0 Å². The van der Waals surface area contributed by atoms with Crippen molar-refractivity contribution in [1.82, 2.24) is 0 Å². The van der Waals surface area contributed by atoms with E-state index in [9.17, 15) is 0 Å². The summed E-state index contributed by atoms with van der Waals surface area (Å²) in [6, 6.07) is 24.5. The highest BCUT2D eigenvalue weighted by atomic mass is 14.1. The van der Waals surface area contributed by atoms with Crippen LogP contribution >= 0.6 is 0 Å². The second kappa shape index (κ2) is 8.36. The third kappa shape index (κ3) is 3.46. The summed E-state index contributed by atoms with van der Waals surface area (Å²) in [4.78, 5) is 0. The number of rotatable bonds is 3. The lowest BCUT2D eigenvalue weighted by molar-refractivity contribution is 0.735. The van der Waals surface area contributed by atoms with Crippen molar-refractivity contribution < 1.29 is 0 Å². The van der Waals surface area contributed by atoms with E-state index >= 15 is 0 Å². The third-order valence-corrected chi connectivity index (χ3v) is 5.45. The standard InChI is InChI=1S/C22H20.C4H10/c1-3-15(2)16-12-13-21-19-10-5-4-8-17(19)18-9-6-7-11-20(18)22(21)14-16;1-3-4-2/h4-15H,3H2,1-2H3;3-4H2,1-2H3. The molecule has 0 bridgehead atoms. The quantitative estimate of drug-likeness (QED) is 0.327. The fourth-order valence-corrected chi connectivity index (χ4v) is 3.47. The summed E-state index contributed by atoms with van der Waals surface area (Å²) in [6.45, 7) is 8.93. The molecule has 0 radical (unpaired) electrons. The second-order valence-corrected chi connectivity index (χ2v) is 7.21. The first-order valence-corrected chi connectivity index (χ1v) is 10.0. The van der Waals surface area contributed by atoms with Crippen LogP contribution in [0, 0.1) is 0 Å². The Morgan fingerprint density at radius 1 is 0.577 bits per heavy atom. The molecule has 0 saturated carbocycles. The molecule has 134 valence electrons. The Bertz CT molecular complexity index is 973. The van der Waals surface area contributed by atoms with Crippen LogP contribution in [-0.2, 0) is 0 Å². The van der Waals surface area contributed by atoms with Crippen molar-refractivity contribution >= 4 is 32.3 Å². The summed E-state index contributed by atoms with van der Waals surface area (Å²) in [6.07, 6.45) is 3.82. The number of hydrogen-bond donors (Lipinski definition) is 0. The van der Waals surface area contributed by atoms with E-state index in [1.165, 1.54) is 57.1 Å². The monoisotopic (exact) mass is 342 g/mol. The molecule has 0 aliphatic rings. The summed E-state index contributed by atoms with van der Waals surface area (Å²) >= 11 is 0.